The Morgan fingerprint density at radius 3 is 2.24 bits per heavy atom. The zero-order valence-corrected chi connectivity index (χ0v) is 14.2. The van der Waals surface area contributed by atoms with Crippen molar-refractivity contribution in [1.82, 2.24) is 5.32 Å². The fraction of sp³-hybridized carbons (Fsp3) is 0.625. The Bertz CT molecular complexity index is 509. The predicted octanol–water partition coefficient (Wildman–Crippen LogP) is 2.88. The second-order valence-electron chi connectivity index (χ2n) is 5.92. The number of ether oxygens (including phenoxy) is 1. The first-order valence-corrected chi connectivity index (χ1v) is 9.34. The van der Waals surface area contributed by atoms with Gasteiger partial charge >= 0.3 is 0 Å². The monoisotopic (exact) mass is 313 g/mol. The summed E-state index contributed by atoms with van der Waals surface area (Å²) in [5.74, 6) is 1.43. The van der Waals surface area contributed by atoms with Crippen LogP contribution in [0.2, 0.25) is 0 Å². The molecular formula is C16H27NO3S. The van der Waals surface area contributed by atoms with Crippen LogP contribution in [0.25, 0.3) is 0 Å². The number of hydrogen-bond acceptors (Lipinski definition) is 4. The van der Waals surface area contributed by atoms with Gasteiger partial charge in [0.2, 0.25) is 0 Å². The molecule has 0 saturated carbocycles. The first-order chi connectivity index (χ1) is 9.79. The van der Waals surface area contributed by atoms with Crippen molar-refractivity contribution >= 4 is 9.84 Å². The minimum absolute atomic E-state index is 0.315. The second-order valence-corrected chi connectivity index (χ2v) is 7.93. The molecule has 0 aliphatic carbocycles. The van der Waals surface area contributed by atoms with Gasteiger partial charge < -0.3 is 10.1 Å². The van der Waals surface area contributed by atoms with E-state index in [0.717, 1.165) is 12.5 Å². The third-order valence-corrected chi connectivity index (χ3v) is 4.42. The first kappa shape index (κ1) is 18.0. The molecule has 0 bridgehead atoms. The average Bonchev–Trinajstić information content (AvgIpc) is 2.41. The van der Waals surface area contributed by atoms with Crippen molar-refractivity contribution in [1.29, 1.82) is 0 Å². The highest BCUT2D eigenvalue weighted by atomic mass is 32.2. The van der Waals surface area contributed by atoms with E-state index >= 15 is 0 Å². The topological polar surface area (TPSA) is 55.4 Å². The van der Waals surface area contributed by atoms with Crippen LogP contribution in [0.3, 0.4) is 0 Å². The molecule has 0 fully saturated rings. The van der Waals surface area contributed by atoms with E-state index in [-0.39, 0.29) is 0 Å². The first-order valence-electron chi connectivity index (χ1n) is 7.45. The SMILES string of the molecule is CC(C)CCC(C)NCCOc1ccc(S(C)(=O)=O)cc1. The zero-order valence-electron chi connectivity index (χ0n) is 13.4. The standard InChI is InChI=1S/C16H27NO3S/c1-13(2)5-6-14(3)17-11-12-20-15-7-9-16(10-8-15)21(4,18)19/h7-10,13-14,17H,5-6,11-12H2,1-4H3. The highest BCUT2D eigenvalue weighted by Gasteiger charge is 2.06. The maximum Gasteiger partial charge on any atom is 0.175 e. The summed E-state index contributed by atoms with van der Waals surface area (Å²) in [6.45, 7) is 8.01. The lowest BCUT2D eigenvalue weighted by Crippen LogP contribution is -2.30. The summed E-state index contributed by atoms with van der Waals surface area (Å²) in [7, 11) is -3.14. The van der Waals surface area contributed by atoms with Crippen LogP contribution in [-0.4, -0.2) is 33.9 Å². The largest absolute Gasteiger partial charge is 0.492 e. The molecule has 1 N–H and O–H groups in total. The third-order valence-electron chi connectivity index (χ3n) is 3.29. The van der Waals surface area contributed by atoms with Crippen LogP contribution in [0.15, 0.2) is 29.2 Å². The number of hydrogen-bond donors (Lipinski definition) is 1. The summed E-state index contributed by atoms with van der Waals surface area (Å²) in [4.78, 5) is 0.315. The predicted molar refractivity (Wildman–Crippen MR) is 86.6 cm³/mol. The van der Waals surface area contributed by atoms with Crippen LogP contribution in [0.5, 0.6) is 5.75 Å². The highest BCUT2D eigenvalue weighted by Crippen LogP contribution is 2.15. The summed E-state index contributed by atoms with van der Waals surface area (Å²) in [5.41, 5.74) is 0. The molecule has 1 atom stereocenters. The van der Waals surface area contributed by atoms with Gasteiger partial charge in [-0.05, 0) is 49.9 Å². The Labute approximate surface area is 128 Å². The molecule has 1 rings (SSSR count). The average molecular weight is 313 g/mol. The summed E-state index contributed by atoms with van der Waals surface area (Å²) >= 11 is 0. The van der Waals surface area contributed by atoms with Gasteiger partial charge in [0.05, 0.1) is 4.90 Å². The Morgan fingerprint density at radius 1 is 1.10 bits per heavy atom. The van der Waals surface area contributed by atoms with E-state index in [1.807, 2.05) is 0 Å². The maximum atomic E-state index is 11.3. The van der Waals surface area contributed by atoms with Gasteiger partial charge in [0.1, 0.15) is 12.4 Å². The molecule has 4 nitrogen and oxygen atoms in total. The smallest absolute Gasteiger partial charge is 0.175 e. The van der Waals surface area contributed by atoms with E-state index in [9.17, 15) is 8.42 Å². The van der Waals surface area contributed by atoms with Crippen molar-refractivity contribution in [2.24, 2.45) is 5.92 Å². The molecule has 21 heavy (non-hydrogen) atoms. The van der Waals surface area contributed by atoms with Crippen LogP contribution >= 0.6 is 0 Å². The lowest BCUT2D eigenvalue weighted by Gasteiger charge is -2.15. The summed E-state index contributed by atoms with van der Waals surface area (Å²) in [6.07, 6.45) is 3.59. The van der Waals surface area contributed by atoms with Gasteiger partial charge in [-0.25, -0.2) is 8.42 Å². The molecule has 0 aliphatic heterocycles. The molecule has 0 heterocycles. The van der Waals surface area contributed by atoms with Crippen molar-refractivity contribution < 1.29 is 13.2 Å². The van der Waals surface area contributed by atoms with Gasteiger partial charge in [-0.15, -0.1) is 0 Å². The molecule has 0 aromatic heterocycles. The van der Waals surface area contributed by atoms with Crippen molar-refractivity contribution in [3.05, 3.63) is 24.3 Å². The third kappa shape index (κ3) is 7.48. The Morgan fingerprint density at radius 2 is 1.71 bits per heavy atom. The van der Waals surface area contributed by atoms with Gasteiger partial charge in [-0.2, -0.15) is 0 Å². The van der Waals surface area contributed by atoms with Gasteiger partial charge in [0.25, 0.3) is 0 Å². The summed E-state index contributed by atoms with van der Waals surface area (Å²) in [6, 6.07) is 7.02. The van der Waals surface area contributed by atoms with Crippen LogP contribution < -0.4 is 10.1 Å². The van der Waals surface area contributed by atoms with Gasteiger partial charge in [-0.1, -0.05) is 13.8 Å². The second kappa shape index (κ2) is 8.39. The number of nitrogens with one attached hydrogen (secondary N) is 1. The fourth-order valence-corrected chi connectivity index (χ4v) is 2.57. The molecule has 0 aliphatic rings. The van der Waals surface area contributed by atoms with Crippen LogP contribution in [0, 0.1) is 5.92 Å². The Kier molecular flexibility index (Phi) is 7.18. The Hall–Kier alpha value is -1.07. The summed E-state index contributed by atoms with van der Waals surface area (Å²) in [5, 5.41) is 3.42. The number of benzene rings is 1. The normalized spacial score (nSPS) is 13.4. The molecule has 1 aromatic carbocycles. The van der Waals surface area contributed by atoms with Gasteiger partial charge in [0.15, 0.2) is 9.84 Å². The molecule has 0 spiro atoms. The lowest BCUT2D eigenvalue weighted by molar-refractivity contribution is 0.302. The van der Waals surface area contributed by atoms with Crippen molar-refractivity contribution in [3.63, 3.8) is 0 Å². The lowest BCUT2D eigenvalue weighted by atomic mass is 10.0. The van der Waals surface area contributed by atoms with Crippen molar-refractivity contribution in [3.8, 4) is 5.75 Å². The summed E-state index contributed by atoms with van der Waals surface area (Å²) < 4.78 is 28.3. The molecule has 0 radical (unpaired) electrons. The molecule has 0 amide bonds. The van der Waals surface area contributed by atoms with E-state index < -0.39 is 9.84 Å². The molecular weight excluding hydrogens is 286 g/mol. The van der Waals surface area contributed by atoms with Crippen molar-refractivity contribution in [2.75, 3.05) is 19.4 Å². The van der Waals surface area contributed by atoms with Gasteiger partial charge in [0, 0.05) is 18.8 Å². The van der Waals surface area contributed by atoms with Crippen molar-refractivity contribution in [2.45, 2.75) is 44.6 Å². The van der Waals surface area contributed by atoms with Crippen LogP contribution in [0.1, 0.15) is 33.6 Å². The van der Waals surface area contributed by atoms with Crippen LogP contribution in [-0.2, 0) is 9.84 Å². The fourth-order valence-electron chi connectivity index (χ4n) is 1.94. The van der Waals surface area contributed by atoms with E-state index in [4.69, 9.17) is 4.74 Å². The molecule has 5 heteroatoms. The number of rotatable bonds is 9. The van der Waals surface area contributed by atoms with E-state index in [0.29, 0.717) is 23.3 Å². The minimum atomic E-state index is -3.14. The molecule has 0 saturated heterocycles. The van der Waals surface area contributed by atoms with Crippen LogP contribution in [0.4, 0.5) is 0 Å². The minimum Gasteiger partial charge on any atom is -0.492 e. The maximum absolute atomic E-state index is 11.3. The Balaban J connectivity index is 2.27. The van der Waals surface area contributed by atoms with Gasteiger partial charge in [-0.3, -0.25) is 0 Å². The van der Waals surface area contributed by atoms with E-state index in [1.165, 1.54) is 19.1 Å². The number of sulfone groups is 1. The molecule has 1 aromatic rings. The van der Waals surface area contributed by atoms with E-state index in [1.54, 1.807) is 24.3 Å². The zero-order chi connectivity index (χ0) is 15.9. The molecule has 120 valence electrons. The molecule has 1 unspecified atom stereocenters. The van der Waals surface area contributed by atoms with E-state index in [2.05, 4.69) is 26.1 Å². The quantitative estimate of drug-likeness (QED) is 0.712. The highest BCUT2D eigenvalue weighted by molar-refractivity contribution is 7.90.